The predicted octanol–water partition coefficient (Wildman–Crippen LogP) is 7.39. The summed E-state index contributed by atoms with van der Waals surface area (Å²) in [6.45, 7) is 15.1. The van der Waals surface area contributed by atoms with Gasteiger partial charge in [-0.3, -0.25) is 14.6 Å². The van der Waals surface area contributed by atoms with Gasteiger partial charge in [-0.25, -0.2) is 0 Å². The van der Waals surface area contributed by atoms with Crippen molar-refractivity contribution in [3.05, 3.63) is 101 Å². The quantitative estimate of drug-likeness (QED) is 0.292. The smallest absolute Gasteiger partial charge is 0.259 e. The van der Waals surface area contributed by atoms with E-state index in [4.69, 9.17) is 4.74 Å². The van der Waals surface area contributed by atoms with Gasteiger partial charge in [0.15, 0.2) is 5.75 Å². The molecular weight excluding hydrogens is 524 g/mol. The van der Waals surface area contributed by atoms with Crippen molar-refractivity contribution in [2.75, 3.05) is 23.9 Å². The summed E-state index contributed by atoms with van der Waals surface area (Å²) >= 11 is 0. The van der Waals surface area contributed by atoms with E-state index >= 15 is 0 Å². The van der Waals surface area contributed by atoms with Crippen LogP contribution in [0.2, 0.25) is 0 Å². The highest BCUT2D eigenvalue weighted by Crippen LogP contribution is 2.39. The molecule has 0 spiro atoms. The highest BCUT2D eigenvalue weighted by Gasteiger charge is 2.25. The lowest BCUT2D eigenvalue weighted by Gasteiger charge is -2.26. The largest absolute Gasteiger partial charge is 0.494 e. The molecule has 42 heavy (non-hydrogen) atoms. The molecule has 0 bridgehead atoms. The van der Waals surface area contributed by atoms with Crippen LogP contribution in [0, 0.1) is 12.3 Å². The summed E-state index contributed by atoms with van der Waals surface area (Å²) in [5.41, 5.74) is 8.76. The van der Waals surface area contributed by atoms with E-state index in [0.29, 0.717) is 29.1 Å². The number of hydrogen-bond donors (Lipinski definition) is 2. The number of carbonyl (C=O) groups is 2. The Labute approximate surface area is 249 Å². The van der Waals surface area contributed by atoms with Gasteiger partial charge in [0.05, 0.1) is 36.4 Å². The van der Waals surface area contributed by atoms with Crippen molar-refractivity contribution in [2.45, 2.75) is 53.9 Å². The van der Waals surface area contributed by atoms with Gasteiger partial charge in [0.25, 0.3) is 11.8 Å². The second-order valence-electron chi connectivity index (χ2n) is 12.7. The van der Waals surface area contributed by atoms with Gasteiger partial charge in [0.2, 0.25) is 0 Å². The Balaban J connectivity index is 1.63. The molecule has 218 valence electrons. The number of hydrogen-bond acceptors (Lipinski definition) is 5. The summed E-state index contributed by atoms with van der Waals surface area (Å²) < 4.78 is 5.79. The summed E-state index contributed by atoms with van der Waals surface area (Å²) in [6.07, 6.45) is 9.06. The Morgan fingerprint density at radius 3 is 2.31 bits per heavy atom. The average Bonchev–Trinajstić information content (AvgIpc) is 2.95. The van der Waals surface area contributed by atoms with Crippen LogP contribution in [0.15, 0.2) is 78.9 Å². The fraction of sp³-hybridized carbons (Fsp3) is 0.314. The Kier molecular flexibility index (Phi) is 8.74. The number of pyridine rings is 1. The number of amides is 2. The number of methoxy groups -OCH3 is 1. The summed E-state index contributed by atoms with van der Waals surface area (Å²) in [6, 6.07) is 13.2. The van der Waals surface area contributed by atoms with Crippen molar-refractivity contribution >= 4 is 23.2 Å². The summed E-state index contributed by atoms with van der Waals surface area (Å²) in [5, 5.41) is 6.01. The fourth-order valence-electron chi connectivity index (χ4n) is 4.47. The molecule has 2 N–H and O–H groups in total. The van der Waals surface area contributed by atoms with Gasteiger partial charge < -0.3 is 20.3 Å². The third-order valence-electron chi connectivity index (χ3n) is 6.90. The summed E-state index contributed by atoms with van der Waals surface area (Å²) in [5.74, 6) is 0.0533. The maximum absolute atomic E-state index is 13.8. The van der Waals surface area contributed by atoms with Crippen LogP contribution in [0.1, 0.15) is 73.5 Å². The summed E-state index contributed by atoms with van der Waals surface area (Å²) in [7, 11) is 1.57. The third kappa shape index (κ3) is 7.17. The minimum absolute atomic E-state index is 0.00188. The molecule has 1 aliphatic heterocycles. The van der Waals surface area contributed by atoms with Crippen LogP contribution in [-0.2, 0) is 5.41 Å². The molecule has 3 aromatic rings. The van der Waals surface area contributed by atoms with Crippen LogP contribution in [0.4, 0.5) is 11.4 Å². The van der Waals surface area contributed by atoms with E-state index in [0.717, 1.165) is 28.1 Å². The molecule has 7 heteroatoms. The second kappa shape index (κ2) is 12.1. The number of ether oxygens (including phenoxy) is 1. The summed E-state index contributed by atoms with van der Waals surface area (Å²) in [4.78, 5) is 32.8. The fourth-order valence-corrected chi connectivity index (χ4v) is 4.47. The van der Waals surface area contributed by atoms with Crippen LogP contribution in [-0.4, -0.2) is 30.5 Å². The van der Waals surface area contributed by atoms with Crippen molar-refractivity contribution in [1.29, 1.82) is 0 Å². The van der Waals surface area contributed by atoms with Crippen molar-refractivity contribution < 1.29 is 14.3 Å². The zero-order valence-electron chi connectivity index (χ0n) is 25.8. The average molecular weight is 565 g/mol. The molecule has 2 heterocycles. The van der Waals surface area contributed by atoms with Gasteiger partial charge in [-0.2, -0.15) is 0 Å². The Morgan fingerprint density at radius 1 is 1.00 bits per heavy atom. The first-order valence-corrected chi connectivity index (χ1v) is 14.0. The first kappa shape index (κ1) is 30.4. The monoisotopic (exact) mass is 564 g/mol. The van der Waals surface area contributed by atoms with Gasteiger partial charge in [-0.1, -0.05) is 53.7 Å². The third-order valence-corrected chi connectivity index (χ3v) is 6.90. The normalized spacial score (nSPS) is 12.8. The van der Waals surface area contributed by atoms with Crippen LogP contribution in [0.3, 0.4) is 0 Å². The van der Waals surface area contributed by atoms with E-state index in [2.05, 4.69) is 62.9 Å². The molecule has 0 aliphatic carbocycles. The minimum Gasteiger partial charge on any atom is -0.494 e. The molecule has 2 amide bonds. The Morgan fingerprint density at radius 2 is 1.71 bits per heavy atom. The maximum atomic E-state index is 13.8. The molecule has 7 nitrogen and oxygen atoms in total. The molecule has 1 aromatic heterocycles. The van der Waals surface area contributed by atoms with Gasteiger partial charge in [-0.05, 0) is 71.4 Å². The van der Waals surface area contributed by atoms with Gasteiger partial charge in [0, 0.05) is 29.6 Å². The second-order valence-corrected chi connectivity index (χ2v) is 12.7. The van der Waals surface area contributed by atoms with E-state index in [1.165, 1.54) is 0 Å². The molecule has 2 aromatic carbocycles. The van der Waals surface area contributed by atoms with Crippen molar-refractivity contribution in [2.24, 2.45) is 5.41 Å². The lowest BCUT2D eigenvalue weighted by Crippen LogP contribution is -2.32. The highest BCUT2D eigenvalue weighted by molar-refractivity contribution is 6.08. The number of nitrogens with one attached hydrogen (secondary N) is 2. The van der Waals surface area contributed by atoms with Gasteiger partial charge in [-0.15, -0.1) is 5.73 Å². The molecule has 1 aliphatic rings. The number of allylic oxidation sites excluding steroid dienone is 2. The van der Waals surface area contributed by atoms with E-state index in [9.17, 15) is 9.59 Å². The van der Waals surface area contributed by atoms with Crippen molar-refractivity contribution in [3.8, 4) is 16.9 Å². The minimum atomic E-state index is -0.304. The predicted molar refractivity (Wildman–Crippen MR) is 170 cm³/mol. The number of carbonyl (C=O) groups excluding carboxylic acids is 2. The lowest BCUT2D eigenvalue weighted by atomic mass is 9.85. The van der Waals surface area contributed by atoms with E-state index in [1.54, 1.807) is 25.4 Å². The molecule has 0 saturated carbocycles. The Bertz CT molecular complexity index is 1580. The molecule has 0 unspecified atom stereocenters. The van der Waals surface area contributed by atoms with Crippen LogP contribution < -0.4 is 20.3 Å². The zero-order valence-corrected chi connectivity index (χ0v) is 25.8. The Hall–Kier alpha value is -4.61. The first-order chi connectivity index (χ1) is 19.8. The van der Waals surface area contributed by atoms with Crippen molar-refractivity contribution in [1.82, 2.24) is 10.3 Å². The van der Waals surface area contributed by atoms with Crippen molar-refractivity contribution in [3.63, 3.8) is 0 Å². The van der Waals surface area contributed by atoms with Crippen LogP contribution in [0.25, 0.3) is 11.1 Å². The topological polar surface area (TPSA) is 83.6 Å². The molecule has 0 fully saturated rings. The molecule has 0 saturated heterocycles. The number of aryl methyl sites for hydroxylation is 1. The molecule has 4 rings (SSSR count). The zero-order chi connectivity index (χ0) is 30.7. The standard InChI is InChI=1S/C35H40N4O3/c1-23-28(24-12-14-25(15-13-24)32(40)37-22-34(2,3)4)20-27(21-36-23)38-33(41)29-18-26(35(5,6)7)19-30(31(29)42-8)39-16-10-9-11-17-39/h9-10,12-21H,22H2,1-8H3,(H,37,40)(H,38,41). The van der Waals surface area contributed by atoms with Gasteiger partial charge >= 0.3 is 0 Å². The highest BCUT2D eigenvalue weighted by atomic mass is 16.5. The number of anilines is 2. The number of nitrogens with zero attached hydrogens (tertiary/aromatic N) is 2. The van der Waals surface area contributed by atoms with E-state index < -0.39 is 0 Å². The maximum Gasteiger partial charge on any atom is 0.259 e. The molecule has 0 atom stereocenters. The first-order valence-electron chi connectivity index (χ1n) is 14.0. The van der Waals surface area contributed by atoms with E-state index in [1.807, 2.05) is 66.7 Å². The van der Waals surface area contributed by atoms with Crippen LogP contribution in [0.5, 0.6) is 5.75 Å². The SMILES string of the molecule is COc1c(C(=O)Nc2cnc(C)c(-c3ccc(C(=O)NCC(C)(C)C)cc3)c2)cc(C(C)(C)C)cc1N1C=C=CC=C1. The van der Waals surface area contributed by atoms with Crippen LogP contribution >= 0.6 is 0 Å². The van der Waals surface area contributed by atoms with Gasteiger partial charge in [0.1, 0.15) is 0 Å². The number of aromatic nitrogens is 1. The number of benzene rings is 2. The lowest BCUT2D eigenvalue weighted by molar-refractivity contribution is 0.0938. The van der Waals surface area contributed by atoms with E-state index in [-0.39, 0.29) is 22.6 Å². The number of rotatable bonds is 7. The molecular formula is C35H40N4O3. The molecule has 0 radical (unpaired) electrons.